The minimum atomic E-state index is 0.763. The summed E-state index contributed by atoms with van der Waals surface area (Å²) in [5.41, 5.74) is 0. The van der Waals surface area contributed by atoms with Crippen LogP contribution >= 0.6 is 0 Å². The van der Waals surface area contributed by atoms with Crippen LogP contribution in [0.5, 0.6) is 0 Å². The first-order valence-electron chi connectivity index (χ1n) is 8.66. The molecule has 3 heteroatoms. The number of hydrogen-bond acceptors (Lipinski definition) is 3. The standard InChI is InChI=1S/C17H34N2O/c1-14-5-6-17(13-15(14)2)18-16-7-10-19(11-8-16)9-4-12-20-3/h14-18H,4-13H2,1-3H3/t14-,15+,17+/m0/s1. The lowest BCUT2D eigenvalue weighted by Crippen LogP contribution is -2.48. The second-order valence-corrected chi connectivity index (χ2v) is 7.09. The van der Waals surface area contributed by atoms with E-state index in [1.54, 1.807) is 7.11 Å². The van der Waals surface area contributed by atoms with Crippen LogP contribution in [0, 0.1) is 11.8 Å². The van der Waals surface area contributed by atoms with E-state index in [2.05, 4.69) is 24.1 Å². The van der Waals surface area contributed by atoms with E-state index in [0.29, 0.717) is 0 Å². The van der Waals surface area contributed by atoms with Gasteiger partial charge in [-0.05, 0) is 63.5 Å². The van der Waals surface area contributed by atoms with Gasteiger partial charge in [-0.2, -0.15) is 0 Å². The van der Waals surface area contributed by atoms with Crippen molar-refractivity contribution in [2.24, 2.45) is 11.8 Å². The molecule has 0 amide bonds. The van der Waals surface area contributed by atoms with Crippen LogP contribution in [-0.2, 0) is 4.74 Å². The lowest BCUT2D eigenvalue weighted by molar-refractivity contribution is 0.142. The van der Waals surface area contributed by atoms with Crippen molar-refractivity contribution in [3.8, 4) is 0 Å². The fourth-order valence-corrected chi connectivity index (χ4v) is 3.79. The maximum Gasteiger partial charge on any atom is 0.0474 e. The van der Waals surface area contributed by atoms with Crippen molar-refractivity contribution in [1.29, 1.82) is 0 Å². The Morgan fingerprint density at radius 2 is 1.75 bits per heavy atom. The Morgan fingerprint density at radius 3 is 2.40 bits per heavy atom. The van der Waals surface area contributed by atoms with E-state index in [0.717, 1.165) is 30.5 Å². The van der Waals surface area contributed by atoms with Crippen LogP contribution in [0.4, 0.5) is 0 Å². The molecular formula is C17H34N2O. The molecule has 20 heavy (non-hydrogen) atoms. The molecular weight excluding hydrogens is 248 g/mol. The number of piperidine rings is 1. The largest absolute Gasteiger partial charge is 0.385 e. The number of nitrogens with zero attached hydrogens (tertiary/aromatic N) is 1. The number of methoxy groups -OCH3 is 1. The first-order chi connectivity index (χ1) is 9.69. The van der Waals surface area contributed by atoms with Gasteiger partial charge in [0.1, 0.15) is 0 Å². The van der Waals surface area contributed by atoms with E-state index in [-0.39, 0.29) is 0 Å². The van der Waals surface area contributed by atoms with Crippen LogP contribution in [0.2, 0.25) is 0 Å². The van der Waals surface area contributed by atoms with E-state index >= 15 is 0 Å². The topological polar surface area (TPSA) is 24.5 Å². The molecule has 2 rings (SSSR count). The van der Waals surface area contributed by atoms with Crippen LogP contribution in [-0.4, -0.2) is 50.3 Å². The molecule has 0 aromatic rings. The molecule has 2 aliphatic rings. The zero-order chi connectivity index (χ0) is 14.4. The van der Waals surface area contributed by atoms with Gasteiger partial charge in [0, 0.05) is 32.3 Å². The van der Waals surface area contributed by atoms with Crippen LogP contribution < -0.4 is 5.32 Å². The second-order valence-electron chi connectivity index (χ2n) is 7.09. The van der Waals surface area contributed by atoms with Crippen LogP contribution in [0.25, 0.3) is 0 Å². The maximum atomic E-state index is 5.13. The van der Waals surface area contributed by atoms with Gasteiger partial charge < -0.3 is 15.0 Å². The molecule has 1 N–H and O–H groups in total. The fourth-order valence-electron chi connectivity index (χ4n) is 3.79. The summed E-state index contributed by atoms with van der Waals surface area (Å²) < 4.78 is 5.13. The molecule has 1 saturated carbocycles. The highest BCUT2D eigenvalue weighted by Crippen LogP contribution is 2.30. The summed E-state index contributed by atoms with van der Waals surface area (Å²) in [5.74, 6) is 1.83. The molecule has 118 valence electrons. The summed E-state index contributed by atoms with van der Waals surface area (Å²) >= 11 is 0. The molecule has 0 aromatic carbocycles. The molecule has 3 atom stereocenters. The van der Waals surface area contributed by atoms with E-state index in [1.165, 1.54) is 58.2 Å². The van der Waals surface area contributed by atoms with Crippen molar-refractivity contribution >= 4 is 0 Å². The summed E-state index contributed by atoms with van der Waals surface area (Å²) in [6.07, 6.45) is 8.01. The highest BCUT2D eigenvalue weighted by Gasteiger charge is 2.27. The lowest BCUT2D eigenvalue weighted by atomic mass is 9.79. The number of hydrogen-bond donors (Lipinski definition) is 1. The predicted molar refractivity (Wildman–Crippen MR) is 85.1 cm³/mol. The molecule has 0 spiro atoms. The fraction of sp³-hybridized carbons (Fsp3) is 1.00. The number of rotatable bonds is 6. The molecule has 2 fully saturated rings. The minimum Gasteiger partial charge on any atom is -0.385 e. The molecule has 3 nitrogen and oxygen atoms in total. The Labute approximate surface area is 125 Å². The van der Waals surface area contributed by atoms with Gasteiger partial charge in [-0.3, -0.25) is 0 Å². The van der Waals surface area contributed by atoms with Crippen molar-refractivity contribution in [2.45, 2.75) is 64.5 Å². The van der Waals surface area contributed by atoms with Crippen molar-refractivity contribution in [1.82, 2.24) is 10.2 Å². The van der Waals surface area contributed by atoms with E-state index in [1.807, 2.05) is 0 Å². The number of likely N-dealkylation sites (tertiary alicyclic amines) is 1. The van der Waals surface area contributed by atoms with Crippen LogP contribution in [0.15, 0.2) is 0 Å². The Bertz CT molecular complexity index is 264. The van der Waals surface area contributed by atoms with Crippen molar-refractivity contribution in [3.63, 3.8) is 0 Å². The van der Waals surface area contributed by atoms with Crippen molar-refractivity contribution < 1.29 is 4.74 Å². The van der Waals surface area contributed by atoms with Gasteiger partial charge in [-0.15, -0.1) is 0 Å². The third-order valence-electron chi connectivity index (χ3n) is 5.48. The number of ether oxygens (including phenoxy) is 1. The Hall–Kier alpha value is -0.120. The summed E-state index contributed by atoms with van der Waals surface area (Å²) in [4.78, 5) is 2.60. The Kier molecular flexibility index (Phi) is 6.79. The average Bonchev–Trinajstić information content (AvgIpc) is 2.45. The van der Waals surface area contributed by atoms with Gasteiger partial charge in [0.25, 0.3) is 0 Å². The summed E-state index contributed by atoms with van der Waals surface area (Å²) in [5, 5.41) is 3.95. The quantitative estimate of drug-likeness (QED) is 0.758. The highest BCUT2D eigenvalue weighted by atomic mass is 16.5. The van der Waals surface area contributed by atoms with Gasteiger partial charge in [0.2, 0.25) is 0 Å². The monoisotopic (exact) mass is 282 g/mol. The zero-order valence-electron chi connectivity index (χ0n) is 13.7. The molecule has 0 aromatic heterocycles. The highest BCUT2D eigenvalue weighted by molar-refractivity contribution is 4.85. The zero-order valence-corrected chi connectivity index (χ0v) is 13.7. The van der Waals surface area contributed by atoms with Crippen molar-refractivity contribution in [3.05, 3.63) is 0 Å². The minimum absolute atomic E-state index is 0.763. The van der Waals surface area contributed by atoms with E-state index < -0.39 is 0 Å². The Balaban J connectivity index is 1.62. The van der Waals surface area contributed by atoms with Gasteiger partial charge in [0.15, 0.2) is 0 Å². The molecule has 0 radical (unpaired) electrons. The predicted octanol–water partition coefficient (Wildman–Crippen LogP) is 2.90. The van der Waals surface area contributed by atoms with Gasteiger partial charge in [-0.1, -0.05) is 13.8 Å². The maximum absolute atomic E-state index is 5.13. The second kappa shape index (κ2) is 8.35. The molecule has 1 aliphatic heterocycles. The van der Waals surface area contributed by atoms with Crippen LogP contribution in [0.1, 0.15) is 52.4 Å². The normalized spacial score (nSPS) is 33.5. The summed E-state index contributed by atoms with van der Waals surface area (Å²) in [6, 6.07) is 1.55. The lowest BCUT2D eigenvalue weighted by Gasteiger charge is -2.38. The van der Waals surface area contributed by atoms with Crippen LogP contribution in [0.3, 0.4) is 0 Å². The number of nitrogens with one attached hydrogen (secondary N) is 1. The Morgan fingerprint density at radius 1 is 1.00 bits per heavy atom. The van der Waals surface area contributed by atoms with Gasteiger partial charge >= 0.3 is 0 Å². The third kappa shape index (κ3) is 5.01. The van der Waals surface area contributed by atoms with E-state index in [9.17, 15) is 0 Å². The van der Waals surface area contributed by atoms with Gasteiger partial charge in [-0.25, -0.2) is 0 Å². The summed E-state index contributed by atoms with van der Waals surface area (Å²) in [6.45, 7) is 9.48. The smallest absolute Gasteiger partial charge is 0.0474 e. The van der Waals surface area contributed by atoms with E-state index in [4.69, 9.17) is 4.74 Å². The average molecular weight is 282 g/mol. The first-order valence-corrected chi connectivity index (χ1v) is 8.66. The summed E-state index contributed by atoms with van der Waals surface area (Å²) in [7, 11) is 1.79. The molecule has 1 aliphatic carbocycles. The SMILES string of the molecule is COCCCN1CCC(N[C@@H]2CC[C@H](C)[C@H](C)C2)CC1. The molecule has 1 heterocycles. The molecule has 0 unspecified atom stereocenters. The first kappa shape index (κ1) is 16.3. The molecule has 1 saturated heterocycles. The molecule has 0 bridgehead atoms. The van der Waals surface area contributed by atoms with Gasteiger partial charge in [0.05, 0.1) is 0 Å². The third-order valence-corrected chi connectivity index (χ3v) is 5.48. The van der Waals surface area contributed by atoms with Crippen molar-refractivity contribution in [2.75, 3.05) is 33.4 Å².